The Kier molecular flexibility index (Phi) is 6.79. The molecule has 1 N–H and O–H groups in total. The molecule has 118 valence electrons. The van der Waals surface area contributed by atoms with E-state index in [1.807, 2.05) is 19.0 Å². The highest BCUT2D eigenvalue weighted by atomic mass is 127. The van der Waals surface area contributed by atoms with Gasteiger partial charge in [0.2, 0.25) is 0 Å². The van der Waals surface area contributed by atoms with Gasteiger partial charge in [0.1, 0.15) is 11.5 Å². The molecular weight excluding hydrogens is 388 g/mol. The van der Waals surface area contributed by atoms with Crippen molar-refractivity contribution in [3.8, 4) is 0 Å². The highest BCUT2D eigenvalue weighted by molar-refractivity contribution is 14.1. The Morgan fingerprint density at radius 3 is 2.52 bits per heavy atom. The molecular formula is C14H21FIN3O2. The summed E-state index contributed by atoms with van der Waals surface area (Å²) in [5.41, 5.74) is 0.152. The molecule has 0 aliphatic heterocycles. The maximum atomic E-state index is 13.7. The highest BCUT2D eigenvalue weighted by Gasteiger charge is 2.21. The third-order valence-corrected chi connectivity index (χ3v) is 3.76. The van der Waals surface area contributed by atoms with Gasteiger partial charge in [-0.25, -0.2) is 4.39 Å². The van der Waals surface area contributed by atoms with E-state index >= 15 is 0 Å². The van der Waals surface area contributed by atoms with Gasteiger partial charge in [0.05, 0.1) is 8.49 Å². The molecule has 0 saturated carbocycles. The number of nitrogens with zero attached hydrogens (tertiary/aromatic N) is 2. The second-order valence-electron chi connectivity index (χ2n) is 5.77. The average Bonchev–Trinajstić information content (AvgIpc) is 2.31. The SMILES string of the molecule is CC(C)CC(CN(C)C)Nc1cc(F)c(I)cc1[N+](=O)[O-]. The Labute approximate surface area is 138 Å². The lowest BCUT2D eigenvalue weighted by Crippen LogP contribution is -2.33. The lowest BCUT2D eigenvalue weighted by atomic mass is 10.0. The fourth-order valence-corrected chi connectivity index (χ4v) is 2.66. The molecule has 0 fully saturated rings. The van der Waals surface area contributed by atoms with E-state index in [4.69, 9.17) is 0 Å². The Balaban J connectivity index is 3.06. The monoisotopic (exact) mass is 409 g/mol. The summed E-state index contributed by atoms with van der Waals surface area (Å²) >= 11 is 1.76. The Hall–Kier alpha value is -0.960. The van der Waals surface area contributed by atoms with Crippen LogP contribution in [0.15, 0.2) is 12.1 Å². The van der Waals surface area contributed by atoms with Crippen LogP contribution in [0.4, 0.5) is 15.8 Å². The first-order valence-corrected chi connectivity index (χ1v) is 7.83. The molecule has 0 heterocycles. The third-order valence-electron chi connectivity index (χ3n) is 2.94. The highest BCUT2D eigenvalue weighted by Crippen LogP contribution is 2.29. The van der Waals surface area contributed by atoms with Gasteiger partial charge in [0.25, 0.3) is 5.69 Å². The van der Waals surface area contributed by atoms with Gasteiger partial charge in [-0.1, -0.05) is 13.8 Å². The van der Waals surface area contributed by atoms with E-state index in [0.717, 1.165) is 13.0 Å². The summed E-state index contributed by atoms with van der Waals surface area (Å²) < 4.78 is 14.0. The van der Waals surface area contributed by atoms with Gasteiger partial charge < -0.3 is 10.2 Å². The molecule has 0 amide bonds. The van der Waals surface area contributed by atoms with Crippen LogP contribution in [-0.4, -0.2) is 36.5 Å². The van der Waals surface area contributed by atoms with E-state index in [1.165, 1.54) is 12.1 Å². The minimum Gasteiger partial charge on any atom is -0.375 e. The van der Waals surface area contributed by atoms with E-state index in [-0.39, 0.29) is 21.0 Å². The molecule has 0 aliphatic carbocycles. The minimum atomic E-state index is -0.480. The summed E-state index contributed by atoms with van der Waals surface area (Å²) in [6.45, 7) is 4.91. The summed E-state index contributed by atoms with van der Waals surface area (Å²) in [7, 11) is 3.88. The number of nitro benzene ring substituents is 1. The van der Waals surface area contributed by atoms with Gasteiger partial charge in [-0.15, -0.1) is 0 Å². The summed E-state index contributed by atoms with van der Waals surface area (Å²) in [6, 6.07) is 2.50. The van der Waals surface area contributed by atoms with Crippen molar-refractivity contribution in [2.75, 3.05) is 26.0 Å². The first kappa shape index (κ1) is 18.1. The van der Waals surface area contributed by atoms with Crippen LogP contribution < -0.4 is 5.32 Å². The molecule has 21 heavy (non-hydrogen) atoms. The van der Waals surface area contributed by atoms with Crippen LogP contribution in [0.2, 0.25) is 0 Å². The molecule has 1 rings (SSSR count). The molecule has 1 aromatic rings. The van der Waals surface area contributed by atoms with Gasteiger partial charge in [0.15, 0.2) is 0 Å². The van der Waals surface area contributed by atoms with Crippen molar-refractivity contribution in [1.82, 2.24) is 4.90 Å². The minimum absolute atomic E-state index is 0.0261. The number of hydrogen-bond donors (Lipinski definition) is 1. The molecule has 7 heteroatoms. The lowest BCUT2D eigenvalue weighted by Gasteiger charge is -2.25. The first-order valence-electron chi connectivity index (χ1n) is 6.75. The summed E-state index contributed by atoms with van der Waals surface area (Å²) in [5.74, 6) is -0.00736. The molecule has 0 saturated heterocycles. The van der Waals surface area contributed by atoms with Crippen LogP contribution in [0.5, 0.6) is 0 Å². The van der Waals surface area contributed by atoms with Crippen LogP contribution >= 0.6 is 22.6 Å². The summed E-state index contributed by atoms with van der Waals surface area (Å²) in [5, 5.41) is 14.3. The van der Waals surface area contributed by atoms with Gasteiger partial charge >= 0.3 is 0 Å². The van der Waals surface area contributed by atoms with Crippen molar-refractivity contribution < 1.29 is 9.31 Å². The van der Waals surface area contributed by atoms with E-state index in [2.05, 4.69) is 19.2 Å². The standard InChI is InChI=1S/C14H21FIN3O2/c1-9(2)5-10(8-18(3)4)17-13-6-11(15)12(16)7-14(13)19(20)21/h6-7,9-10,17H,5,8H2,1-4H3. The maximum absolute atomic E-state index is 13.7. The molecule has 5 nitrogen and oxygen atoms in total. The molecule has 0 spiro atoms. The van der Waals surface area contributed by atoms with E-state index in [1.54, 1.807) is 22.6 Å². The molecule has 1 unspecified atom stereocenters. The number of likely N-dealkylation sites (N-methyl/N-ethyl adjacent to an activating group) is 1. The molecule has 0 radical (unpaired) electrons. The summed E-state index contributed by atoms with van der Waals surface area (Å²) in [4.78, 5) is 12.7. The fraction of sp³-hybridized carbons (Fsp3) is 0.571. The van der Waals surface area contributed by atoms with Crippen molar-refractivity contribution in [3.63, 3.8) is 0 Å². The normalized spacial score (nSPS) is 12.8. The number of hydrogen-bond acceptors (Lipinski definition) is 4. The first-order chi connectivity index (χ1) is 9.70. The van der Waals surface area contributed by atoms with Crippen molar-refractivity contribution >= 4 is 34.0 Å². The van der Waals surface area contributed by atoms with Crippen LogP contribution in [0.3, 0.4) is 0 Å². The number of nitrogens with one attached hydrogen (secondary N) is 1. The average molecular weight is 409 g/mol. The second-order valence-corrected chi connectivity index (χ2v) is 6.94. The number of anilines is 1. The van der Waals surface area contributed by atoms with Crippen LogP contribution in [0, 0.1) is 25.4 Å². The predicted molar refractivity (Wildman–Crippen MR) is 91.2 cm³/mol. The third kappa shape index (κ3) is 5.74. The van der Waals surface area contributed by atoms with E-state index in [9.17, 15) is 14.5 Å². The van der Waals surface area contributed by atoms with Gasteiger partial charge in [-0.05, 0) is 49.0 Å². The number of rotatable bonds is 7. The zero-order valence-corrected chi connectivity index (χ0v) is 14.8. The van der Waals surface area contributed by atoms with Crippen LogP contribution in [0.25, 0.3) is 0 Å². The lowest BCUT2D eigenvalue weighted by molar-refractivity contribution is -0.384. The van der Waals surface area contributed by atoms with Crippen LogP contribution in [-0.2, 0) is 0 Å². The molecule has 0 aromatic heterocycles. The van der Waals surface area contributed by atoms with Crippen molar-refractivity contribution in [3.05, 3.63) is 31.6 Å². The topological polar surface area (TPSA) is 58.4 Å². The zero-order chi connectivity index (χ0) is 16.2. The molecule has 1 aromatic carbocycles. The Morgan fingerprint density at radius 1 is 1.43 bits per heavy atom. The quantitative estimate of drug-likeness (QED) is 0.424. The van der Waals surface area contributed by atoms with E-state index in [0.29, 0.717) is 5.92 Å². The predicted octanol–water partition coefficient (Wildman–Crippen LogP) is 3.73. The maximum Gasteiger partial charge on any atom is 0.293 e. The number of benzene rings is 1. The molecule has 0 bridgehead atoms. The van der Waals surface area contributed by atoms with Gasteiger partial charge in [-0.2, -0.15) is 0 Å². The van der Waals surface area contributed by atoms with Crippen molar-refractivity contribution in [2.45, 2.75) is 26.3 Å². The number of halogens is 2. The van der Waals surface area contributed by atoms with E-state index < -0.39 is 10.7 Å². The molecule has 0 aliphatic rings. The Morgan fingerprint density at radius 2 is 2.05 bits per heavy atom. The van der Waals surface area contributed by atoms with Gasteiger partial charge in [-0.3, -0.25) is 10.1 Å². The zero-order valence-electron chi connectivity index (χ0n) is 12.7. The van der Waals surface area contributed by atoms with Crippen molar-refractivity contribution in [1.29, 1.82) is 0 Å². The smallest absolute Gasteiger partial charge is 0.293 e. The van der Waals surface area contributed by atoms with Crippen LogP contribution in [0.1, 0.15) is 20.3 Å². The fourth-order valence-electron chi connectivity index (χ4n) is 2.21. The van der Waals surface area contributed by atoms with Crippen molar-refractivity contribution in [2.24, 2.45) is 5.92 Å². The largest absolute Gasteiger partial charge is 0.375 e. The second kappa shape index (κ2) is 7.88. The summed E-state index contributed by atoms with van der Waals surface area (Å²) in [6.07, 6.45) is 0.850. The van der Waals surface area contributed by atoms with Gasteiger partial charge in [0, 0.05) is 24.7 Å². The Bertz CT molecular complexity index is 499. The number of nitro groups is 1. The molecule has 1 atom stereocenters.